The van der Waals surface area contributed by atoms with E-state index in [2.05, 4.69) is 10.0 Å². The summed E-state index contributed by atoms with van der Waals surface area (Å²) in [4.78, 5) is 39.3. The lowest BCUT2D eigenvalue weighted by Crippen LogP contribution is -2.46. The Kier molecular flexibility index (Phi) is 6.26. The van der Waals surface area contributed by atoms with Gasteiger partial charge in [0.1, 0.15) is 0 Å². The Morgan fingerprint density at radius 2 is 1.34 bits per heavy atom. The number of aromatic carboxylic acids is 1. The van der Waals surface area contributed by atoms with Gasteiger partial charge in [0.15, 0.2) is 5.54 Å². The zero-order valence-electron chi connectivity index (χ0n) is 19.5. The predicted octanol–water partition coefficient (Wildman–Crippen LogP) is 3.89. The minimum Gasteiger partial charge on any atom is -0.545 e. The van der Waals surface area contributed by atoms with Crippen molar-refractivity contribution in [1.82, 2.24) is 0 Å². The van der Waals surface area contributed by atoms with Crippen molar-refractivity contribution in [3.05, 3.63) is 124 Å². The van der Waals surface area contributed by atoms with Gasteiger partial charge in [0.05, 0.1) is 10.9 Å². The lowest BCUT2D eigenvalue weighted by molar-refractivity contribution is -0.255. The third-order valence-electron chi connectivity index (χ3n) is 6.24. The summed E-state index contributed by atoms with van der Waals surface area (Å²) in [5.41, 5.74) is -2.30. The largest absolute Gasteiger partial charge is 0.545 e. The van der Waals surface area contributed by atoms with Crippen molar-refractivity contribution >= 4 is 50.5 Å². The minimum absolute atomic E-state index is 0.148. The molecule has 0 saturated heterocycles. The van der Waals surface area contributed by atoms with Crippen LogP contribution >= 0.6 is 11.6 Å². The predicted molar refractivity (Wildman–Crippen MR) is 140 cm³/mol. The van der Waals surface area contributed by atoms with E-state index in [0.29, 0.717) is 5.02 Å². The number of rotatable bonds is 7. The van der Waals surface area contributed by atoms with Crippen LogP contribution in [-0.4, -0.2) is 26.0 Å². The van der Waals surface area contributed by atoms with Gasteiger partial charge in [-0.1, -0.05) is 72.3 Å². The Hall–Kier alpha value is -4.47. The zero-order valence-corrected chi connectivity index (χ0v) is 21.0. The van der Waals surface area contributed by atoms with E-state index in [0.717, 1.165) is 6.07 Å². The number of carboxylic acid groups (broad SMARTS) is 1. The quantitative estimate of drug-likeness (QED) is 0.337. The first-order valence-corrected chi connectivity index (χ1v) is 13.2. The fraction of sp³-hybridized carbons (Fsp3) is 0.0357. The molecule has 0 bridgehead atoms. The number of sulfonamides is 1. The number of benzene rings is 4. The first-order chi connectivity index (χ1) is 18.1. The van der Waals surface area contributed by atoms with Gasteiger partial charge in [-0.15, -0.1) is 0 Å². The smallest absolute Gasteiger partial charge is 0.262 e. The maximum Gasteiger partial charge on any atom is 0.262 e. The first kappa shape index (κ1) is 25.2. The Morgan fingerprint density at radius 3 is 1.92 bits per heavy atom. The molecule has 190 valence electrons. The van der Waals surface area contributed by atoms with Gasteiger partial charge in [-0.3, -0.25) is 14.3 Å². The van der Waals surface area contributed by atoms with Gasteiger partial charge in [0.2, 0.25) is 11.6 Å². The van der Waals surface area contributed by atoms with Crippen LogP contribution in [0.15, 0.2) is 102 Å². The average molecular weight is 546 g/mol. The second-order valence-electron chi connectivity index (χ2n) is 8.52. The van der Waals surface area contributed by atoms with Gasteiger partial charge < -0.3 is 15.2 Å². The summed E-state index contributed by atoms with van der Waals surface area (Å²) in [5, 5.41) is 15.6. The molecule has 2 N–H and O–H groups in total. The Balaban J connectivity index is 1.66. The Bertz CT molecular complexity index is 1670. The van der Waals surface area contributed by atoms with E-state index in [1.165, 1.54) is 48.5 Å². The normalized spacial score (nSPS) is 14.1. The van der Waals surface area contributed by atoms with E-state index in [1.54, 1.807) is 42.5 Å². The molecule has 4 aromatic rings. The van der Waals surface area contributed by atoms with E-state index in [1.807, 2.05) is 0 Å². The summed E-state index contributed by atoms with van der Waals surface area (Å²) in [6.45, 7) is 0. The first-order valence-electron chi connectivity index (χ1n) is 11.3. The summed E-state index contributed by atoms with van der Waals surface area (Å²) < 4.78 is 28.8. The van der Waals surface area contributed by atoms with E-state index < -0.39 is 43.6 Å². The molecule has 38 heavy (non-hydrogen) atoms. The molecule has 0 radical (unpaired) electrons. The molecule has 0 heterocycles. The average Bonchev–Trinajstić information content (AvgIpc) is 3.13. The summed E-state index contributed by atoms with van der Waals surface area (Å²) in [6.07, 6.45) is 0. The maximum absolute atomic E-state index is 13.8. The topological polar surface area (TPSA) is 132 Å². The molecule has 4 aromatic carbocycles. The number of anilines is 2. The van der Waals surface area contributed by atoms with Crippen LogP contribution < -0.4 is 15.1 Å². The monoisotopic (exact) mass is 545 g/mol. The number of nitrogens with one attached hydrogen (secondary N) is 2. The SMILES string of the molecule is O=C([O-])c1c(NC2(c3ccccc3)C(=O)c3ccccc3C2=O)cccc1S(=O)(=O)Nc1ccc(Cl)cc1. The van der Waals surface area contributed by atoms with Crippen molar-refractivity contribution in [2.75, 3.05) is 10.0 Å². The molecule has 1 aliphatic rings. The molecule has 0 atom stereocenters. The van der Waals surface area contributed by atoms with Crippen LogP contribution in [0.1, 0.15) is 36.6 Å². The molecule has 5 rings (SSSR count). The van der Waals surface area contributed by atoms with Crippen LogP contribution in [0, 0.1) is 0 Å². The van der Waals surface area contributed by atoms with Gasteiger partial charge in [0.25, 0.3) is 10.0 Å². The molecular formula is C28H18ClN2O6S-. The van der Waals surface area contributed by atoms with Crippen LogP contribution in [0.5, 0.6) is 0 Å². The molecule has 1 aliphatic carbocycles. The number of hydrogen-bond donors (Lipinski definition) is 2. The van der Waals surface area contributed by atoms with Crippen molar-refractivity contribution in [3.63, 3.8) is 0 Å². The van der Waals surface area contributed by atoms with E-state index in [9.17, 15) is 27.9 Å². The number of fused-ring (bicyclic) bond motifs is 1. The summed E-state index contributed by atoms with van der Waals surface area (Å²) in [7, 11) is -4.45. The van der Waals surface area contributed by atoms with Crippen LogP contribution in [0.25, 0.3) is 0 Å². The van der Waals surface area contributed by atoms with Crippen molar-refractivity contribution in [2.45, 2.75) is 10.4 Å². The highest BCUT2D eigenvalue weighted by Crippen LogP contribution is 2.41. The molecule has 8 nitrogen and oxygen atoms in total. The lowest BCUT2D eigenvalue weighted by atomic mass is 9.84. The number of carbonyl (C=O) groups is 3. The number of ketones is 2. The standard InChI is InChI=1S/C28H19ClN2O6S/c29-18-13-15-19(16-14-18)31-38(36,37)23-12-6-11-22(24(23)27(34)35)30-28(17-7-2-1-3-8-17)25(32)20-9-4-5-10-21(20)26(28)33/h1-16,30-31H,(H,34,35)/p-1. The highest BCUT2D eigenvalue weighted by atomic mass is 35.5. The van der Waals surface area contributed by atoms with Crippen molar-refractivity contribution in [1.29, 1.82) is 0 Å². The van der Waals surface area contributed by atoms with Crippen LogP contribution in [-0.2, 0) is 15.6 Å². The van der Waals surface area contributed by atoms with Crippen molar-refractivity contribution in [2.24, 2.45) is 0 Å². The van der Waals surface area contributed by atoms with E-state index >= 15 is 0 Å². The van der Waals surface area contributed by atoms with E-state index in [4.69, 9.17) is 11.6 Å². The summed E-state index contributed by atoms with van der Waals surface area (Å²) in [5.74, 6) is -3.01. The molecular weight excluding hydrogens is 528 g/mol. The highest BCUT2D eigenvalue weighted by molar-refractivity contribution is 7.92. The summed E-state index contributed by atoms with van der Waals surface area (Å²) >= 11 is 5.86. The van der Waals surface area contributed by atoms with E-state index in [-0.39, 0.29) is 28.1 Å². The van der Waals surface area contributed by atoms with Gasteiger partial charge in [-0.2, -0.15) is 0 Å². The Labute approximate surface area is 222 Å². The van der Waals surface area contributed by atoms with Crippen LogP contribution in [0.2, 0.25) is 5.02 Å². The van der Waals surface area contributed by atoms with Crippen LogP contribution in [0.4, 0.5) is 11.4 Å². The third-order valence-corrected chi connectivity index (χ3v) is 7.92. The molecule has 0 saturated carbocycles. The zero-order chi connectivity index (χ0) is 27.1. The minimum atomic E-state index is -4.45. The van der Waals surface area contributed by atoms with Crippen molar-refractivity contribution in [3.8, 4) is 0 Å². The van der Waals surface area contributed by atoms with Gasteiger partial charge >= 0.3 is 0 Å². The fourth-order valence-electron chi connectivity index (χ4n) is 4.52. The molecule has 10 heteroatoms. The lowest BCUT2D eigenvalue weighted by Gasteiger charge is -2.30. The van der Waals surface area contributed by atoms with Crippen molar-refractivity contribution < 1.29 is 27.9 Å². The Morgan fingerprint density at radius 1 is 0.763 bits per heavy atom. The molecule has 0 spiro atoms. The number of halogens is 1. The summed E-state index contributed by atoms with van der Waals surface area (Å²) in [6, 6.07) is 23.8. The molecule has 0 aromatic heterocycles. The number of carboxylic acids is 1. The molecule has 0 unspecified atom stereocenters. The van der Waals surface area contributed by atoms with Crippen LogP contribution in [0.3, 0.4) is 0 Å². The second kappa shape index (κ2) is 9.44. The highest BCUT2D eigenvalue weighted by Gasteiger charge is 2.54. The third kappa shape index (κ3) is 4.11. The molecule has 0 amide bonds. The van der Waals surface area contributed by atoms with Gasteiger partial charge in [-0.05, 0) is 42.0 Å². The maximum atomic E-state index is 13.8. The molecule has 0 aliphatic heterocycles. The number of hydrogen-bond acceptors (Lipinski definition) is 7. The van der Waals surface area contributed by atoms with Gasteiger partial charge in [-0.25, -0.2) is 8.42 Å². The fourth-order valence-corrected chi connectivity index (χ4v) is 5.92. The molecule has 0 fully saturated rings. The number of carbonyl (C=O) groups excluding carboxylic acids is 3. The van der Waals surface area contributed by atoms with Gasteiger partial charge in [0, 0.05) is 33.1 Å². The number of Topliss-reactive ketones (excluding diaryl/α,β-unsaturated/α-hetero) is 2. The second-order valence-corrected chi connectivity index (χ2v) is 10.6.